The van der Waals surface area contributed by atoms with Gasteiger partial charge < -0.3 is 10.5 Å². The molecule has 1 aromatic carbocycles. The van der Waals surface area contributed by atoms with Gasteiger partial charge in [0, 0.05) is 18.4 Å². The number of nitrogens with zero attached hydrogens (tertiary/aromatic N) is 2. The summed E-state index contributed by atoms with van der Waals surface area (Å²) in [6, 6.07) is 7.31. The van der Waals surface area contributed by atoms with Gasteiger partial charge in [-0.1, -0.05) is 19.1 Å². The molecule has 20 heavy (non-hydrogen) atoms. The maximum atomic E-state index is 12.6. The SMILES string of the molecule is CC[C@H](N)c1ccc(OCc2nccn2C(F)F)cc1. The third-order valence-corrected chi connectivity index (χ3v) is 3.08. The van der Waals surface area contributed by atoms with Gasteiger partial charge in [0.1, 0.15) is 12.4 Å². The Balaban J connectivity index is 1.99. The van der Waals surface area contributed by atoms with Crippen molar-refractivity contribution in [3.63, 3.8) is 0 Å². The lowest BCUT2D eigenvalue weighted by Crippen LogP contribution is -2.09. The Labute approximate surface area is 116 Å². The molecule has 0 aliphatic carbocycles. The van der Waals surface area contributed by atoms with Crippen LogP contribution in [0.15, 0.2) is 36.7 Å². The summed E-state index contributed by atoms with van der Waals surface area (Å²) in [5.41, 5.74) is 6.93. The molecule has 0 spiro atoms. The van der Waals surface area contributed by atoms with Gasteiger partial charge in [-0.2, -0.15) is 8.78 Å². The highest BCUT2D eigenvalue weighted by atomic mass is 19.3. The Morgan fingerprint density at radius 2 is 2.00 bits per heavy atom. The van der Waals surface area contributed by atoms with Gasteiger partial charge in [-0.25, -0.2) is 4.98 Å². The minimum Gasteiger partial charge on any atom is -0.486 e. The van der Waals surface area contributed by atoms with Crippen LogP contribution in [0.5, 0.6) is 5.75 Å². The normalized spacial score (nSPS) is 12.7. The Morgan fingerprint density at radius 3 is 2.60 bits per heavy atom. The summed E-state index contributed by atoms with van der Waals surface area (Å²) in [5.74, 6) is 0.787. The lowest BCUT2D eigenvalue weighted by Gasteiger charge is -2.11. The number of rotatable bonds is 6. The second kappa shape index (κ2) is 6.47. The molecule has 0 amide bonds. The smallest absolute Gasteiger partial charge is 0.320 e. The number of benzene rings is 1. The molecule has 0 saturated heterocycles. The van der Waals surface area contributed by atoms with Crippen LogP contribution in [0.4, 0.5) is 8.78 Å². The van der Waals surface area contributed by atoms with Gasteiger partial charge in [0.15, 0.2) is 5.82 Å². The Hall–Kier alpha value is -1.95. The molecule has 4 nitrogen and oxygen atoms in total. The average Bonchev–Trinajstić information content (AvgIpc) is 2.93. The maximum Gasteiger partial charge on any atom is 0.320 e. The molecule has 0 bridgehead atoms. The number of imidazole rings is 1. The van der Waals surface area contributed by atoms with Crippen LogP contribution < -0.4 is 10.5 Å². The zero-order valence-electron chi connectivity index (χ0n) is 11.2. The third kappa shape index (κ3) is 3.33. The van der Waals surface area contributed by atoms with Crippen molar-refractivity contribution in [3.8, 4) is 5.75 Å². The van der Waals surface area contributed by atoms with E-state index >= 15 is 0 Å². The van der Waals surface area contributed by atoms with E-state index in [1.807, 2.05) is 19.1 Å². The van der Waals surface area contributed by atoms with Gasteiger partial charge in [-0.3, -0.25) is 4.57 Å². The minimum absolute atomic E-state index is 0.00165. The highest BCUT2D eigenvalue weighted by Gasteiger charge is 2.11. The predicted octanol–water partition coefficient (Wildman–Crippen LogP) is 3.27. The first-order valence-corrected chi connectivity index (χ1v) is 6.40. The lowest BCUT2D eigenvalue weighted by molar-refractivity contribution is 0.0632. The van der Waals surface area contributed by atoms with E-state index in [2.05, 4.69) is 4.98 Å². The van der Waals surface area contributed by atoms with Crippen LogP contribution in [0.2, 0.25) is 0 Å². The van der Waals surface area contributed by atoms with Crippen molar-refractivity contribution in [3.05, 3.63) is 48.0 Å². The van der Waals surface area contributed by atoms with E-state index in [4.69, 9.17) is 10.5 Å². The summed E-state index contributed by atoms with van der Waals surface area (Å²) < 4.78 is 31.5. The first-order chi connectivity index (χ1) is 9.61. The quantitative estimate of drug-likeness (QED) is 0.884. The maximum absolute atomic E-state index is 12.6. The topological polar surface area (TPSA) is 53.1 Å². The molecule has 1 atom stereocenters. The molecule has 1 heterocycles. The van der Waals surface area contributed by atoms with E-state index in [1.165, 1.54) is 12.4 Å². The van der Waals surface area contributed by atoms with E-state index in [-0.39, 0.29) is 18.5 Å². The van der Waals surface area contributed by atoms with Crippen molar-refractivity contribution in [2.24, 2.45) is 5.73 Å². The number of hydrogen-bond donors (Lipinski definition) is 1. The van der Waals surface area contributed by atoms with Crippen LogP contribution in [-0.2, 0) is 6.61 Å². The molecule has 2 aromatic rings. The number of alkyl halides is 2. The van der Waals surface area contributed by atoms with Crippen molar-refractivity contribution in [2.45, 2.75) is 32.5 Å². The van der Waals surface area contributed by atoms with Gasteiger partial charge >= 0.3 is 6.55 Å². The van der Waals surface area contributed by atoms with Gasteiger partial charge in [-0.15, -0.1) is 0 Å². The summed E-state index contributed by atoms with van der Waals surface area (Å²) in [6.45, 7) is -0.600. The Morgan fingerprint density at radius 1 is 1.30 bits per heavy atom. The summed E-state index contributed by atoms with van der Waals surface area (Å²) >= 11 is 0. The van der Waals surface area contributed by atoms with Gasteiger partial charge in [-0.05, 0) is 24.1 Å². The van der Waals surface area contributed by atoms with Crippen LogP contribution in [-0.4, -0.2) is 9.55 Å². The minimum atomic E-state index is -2.61. The molecule has 0 saturated carbocycles. The molecule has 0 unspecified atom stereocenters. The molecule has 6 heteroatoms. The molecule has 0 aliphatic heterocycles. The molecule has 0 radical (unpaired) electrons. The van der Waals surface area contributed by atoms with Crippen molar-refractivity contribution < 1.29 is 13.5 Å². The van der Waals surface area contributed by atoms with Crippen molar-refractivity contribution in [2.75, 3.05) is 0 Å². The van der Waals surface area contributed by atoms with E-state index in [1.54, 1.807) is 12.1 Å². The monoisotopic (exact) mass is 281 g/mol. The molecule has 0 aliphatic rings. The second-order valence-electron chi connectivity index (χ2n) is 4.40. The Kier molecular flexibility index (Phi) is 4.68. The number of nitrogens with two attached hydrogens (primary N) is 1. The van der Waals surface area contributed by atoms with E-state index in [0.29, 0.717) is 5.75 Å². The summed E-state index contributed by atoms with van der Waals surface area (Å²) in [6.07, 6.45) is 3.41. The zero-order chi connectivity index (χ0) is 14.5. The number of halogens is 2. The third-order valence-electron chi connectivity index (χ3n) is 3.08. The largest absolute Gasteiger partial charge is 0.486 e. The van der Waals surface area contributed by atoms with Crippen LogP contribution >= 0.6 is 0 Å². The van der Waals surface area contributed by atoms with Gasteiger partial charge in [0.2, 0.25) is 0 Å². The standard InChI is InChI=1S/C14H17F2N3O/c1-2-12(17)10-3-5-11(6-4-10)20-9-13-18-7-8-19(13)14(15)16/h3-8,12,14H,2,9,17H2,1H3/t12-/m0/s1. The zero-order valence-corrected chi connectivity index (χ0v) is 11.2. The van der Waals surface area contributed by atoms with Crippen molar-refractivity contribution in [1.82, 2.24) is 9.55 Å². The van der Waals surface area contributed by atoms with Crippen molar-refractivity contribution in [1.29, 1.82) is 0 Å². The molecule has 108 valence electrons. The fraction of sp³-hybridized carbons (Fsp3) is 0.357. The Bertz CT molecular complexity index is 540. The summed E-state index contributed by atoms with van der Waals surface area (Å²) in [7, 11) is 0. The van der Waals surface area contributed by atoms with Gasteiger partial charge in [0.05, 0.1) is 0 Å². The molecule has 0 fully saturated rings. The van der Waals surface area contributed by atoms with Crippen molar-refractivity contribution >= 4 is 0 Å². The molecular weight excluding hydrogens is 264 g/mol. The molecular formula is C14H17F2N3O. The fourth-order valence-electron chi connectivity index (χ4n) is 1.83. The van der Waals surface area contributed by atoms with Crippen LogP contribution in [0.25, 0.3) is 0 Å². The first-order valence-electron chi connectivity index (χ1n) is 6.40. The highest BCUT2D eigenvalue weighted by molar-refractivity contribution is 5.29. The highest BCUT2D eigenvalue weighted by Crippen LogP contribution is 2.19. The number of aromatic nitrogens is 2. The number of hydrogen-bond acceptors (Lipinski definition) is 3. The van der Waals surface area contributed by atoms with Crippen LogP contribution in [0.1, 0.15) is 37.3 Å². The molecule has 2 rings (SSSR count). The predicted molar refractivity (Wildman–Crippen MR) is 71.5 cm³/mol. The summed E-state index contributed by atoms with van der Waals surface area (Å²) in [5, 5.41) is 0. The molecule has 1 aromatic heterocycles. The molecule has 2 N–H and O–H groups in total. The van der Waals surface area contributed by atoms with E-state index in [9.17, 15) is 8.78 Å². The lowest BCUT2D eigenvalue weighted by atomic mass is 10.1. The average molecular weight is 281 g/mol. The van der Waals surface area contributed by atoms with Crippen LogP contribution in [0.3, 0.4) is 0 Å². The number of ether oxygens (including phenoxy) is 1. The second-order valence-corrected chi connectivity index (χ2v) is 4.40. The van der Waals surface area contributed by atoms with Crippen LogP contribution in [0, 0.1) is 0 Å². The summed E-state index contributed by atoms with van der Waals surface area (Å²) in [4.78, 5) is 3.85. The fourth-order valence-corrected chi connectivity index (χ4v) is 1.83. The first kappa shape index (κ1) is 14.5. The van der Waals surface area contributed by atoms with Gasteiger partial charge in [0.25, 0.3) is 0 Å². The van der Waals surface area contributed by atoms with E-state index < -0.39 is 6.55 Å². The van der Waals surface area contributed by atoms with E-state index in [0.717, 1.165) is 16.6 Å².